The molecule has 1 unspecified atom stereocenters. The summed E-state index contributed by atoms with van der Waals surface area (Å²) in [5.74, 6) is 0.330. The Labute approximate surface area is 120 Å². The second-order valence-corrected chi connectivity index (χ2v) is 5.62. The first kappa shape index (κ1) is 14.6. The van der Waals surface area contributed by atoms with Crippen LogP contribution in [0.2, 0.25) is 0 Å². The first-order chi connectivity index (χ1) is 9.49. The lowest BCUT2D eigenvalue weighted by Gasteiger charge is -2.18. The first-order valence-electron chi connectivity index (χ1n) is 7.10. The standard InChI is InChI=1S/C18H22FN/c1-12(2)15-8-10-16(11-9-15)14(4)20-18-13(3)6-5-7-17(18)19/h5-12,14,20H,1-4H3. The molecule has 0 aliphatic rings. The Hall–Kier alpha value is -1.83. The molecule has 0 saturated carbocycles. The second kappa shape index (κ2) is 6.08. The van der Waals surface area contributed by atoms with Crippen LogP contribution in [0.4, 0.5) is 10.1 Å². The van der Waals surface area contributed by atoms with Gasteiger partial charge in [0.15, 0.2) is 0 Å². The molecule has 0 aromatic heterocycles. The van der Waals surface area contributed by atoms with Gasteiger partial charge in [-0.1, -0.05) is 50.2 Å². The molecule has 0 bridgehead atoms. The van der Waals surface area contributed by atoms with Crippen molar-refractivity contribution in [3.05, 3.63) is 65.0 Å². The summed E-state index contributed by atoms with van der Waals surface area (Å²) < 4.78 is 13.8. The maximum absolute atomic E-state index is 13.8. The molecule has 0 fully saturated rings. The average molecular weight is 271 g/mol. The van der Waals surface area contributed by atoms with Gasteiger partial charge >= 0.3 is 0 Å². The molecule has 0 aliphatic heterocycles. The van der Waals surface area contributed by atoms with Gasteiger partial charge in [-0.15, -0.1) is 0 Å². The fraction of sp³-hybridized carbons (Fsp3) is 0.333. The zero-order valence-electron chi connectivity index (χ0n) is 12.6. The number of benzene rings is 2. The molecule has 0 saturated heterocycles. The summed E-state index contributed by atoms with van der Waals surface area (Å²) in [7, 11) is 0. The van der Waals surface area contributed by atoms with E-state index in [1.165, 1.54) is 11.6 Å². The minimum Gasteiger partial charge on any atom is -0.376 e. The van der Waals surface area contributed by atoms with Crippen LogP contribution in [0.5, 0.6) is 0 Å². The summed E-state index contributed by atoms with van der Waals surface area (Å²) in [5, 5.41) is 3.27. The van der Waals surface area contributed by atoms with Crippen LogP contribution in [0.1, 0.15) is 49.4 Å². The van der Waals surface area contributed by atoms with Crippen molar-refractivity contribution >= 4 is 5.69 Å². The SMILES string of the molecule is Cc1cccc(F)c1NC(C)c1ccc(C(C)C)cc1. The third-order valence-corrected chi connectivity index (χ3v) is 3.69. The molecular weight excluding hydrogens is 249 g/mol. The molecule has 0 heterocycles. The number of aryl methyl sites for hydroxylation is 1. The van der Waals surface area contributed by atoms with E-state index in [0.29, 0.717) is 11.6 Å². The highest BCUT2D eigenvalue weighted by molar-refractivity contribution is 5.53. The van der Waals surface area contributed by atoms with E-state index in [4.69, 9.17) is 0 Å². The third kappa shape index (κ3) is 3.19. The maximum Gasteiger partial charge on any atom is 0.146 e. The van der Waals surface area contributed by atoms with Crippen molar-refractivity contribution in [1.29, 1.82) is 0 Å². The number of hydrogen-bond donors (Lipinski definition) is 1. The van der Waals surface area contributed by atoms with Crippen molar-refractivity contribution in [3.63, 3.8) is 0 Å². The predicted molar refractivity (Wildman–Crippen MR) is 83.7 cm³/mol. The van der Waals surface area contributed by atoms with Crippen LogP contribution in [-0.2, 0) is 0 Å². The molecule has 0 radical (unpaired) electrons. The minimum absolute atomic E-state index is 0.0758. The van der Waals surface area contributed by atoms with Gasteiger partial charge in [0, 0.05) is 6.04 Å². The van der Waals surface area contributed by atoms with Gasteiger partial charge in [0.25, 0.3) is 0 Å². The summed E-state index contributed by atoms with van der Waals surface area (Å²) in [4.78, 5) is 0. The van der Waals surface area contributed by atoms with Gasteiger partial charge in [0.2, 0.25) is 0 Å². The van der Waals surface area contributed by atoms with Crippen molar-refractivity contribution < 1.29 is 4.39 Å². The van der Waals surface area contributed by atoms with E-state index in [1.807, 2.05) is 13.0 Å². The molecule has 2 aromatic carbocycles. The molecule has 106 valence electrons. The molecular formula is C18H22FN. The fourth-order valence-corrected chi connectivity index (χ4v) is 2.28. The average Bonchev–Trinajstić information content (AvgIpc) is 2.43. The van der Waals surface area contributed by atoms with Gasteiger partial charge in [0.1, 0.15) is 5.82 Å². The Bertz CT molecular complexity index is 552. The molecule has 20 heavy (non-hydrogen) atoms. The van der Waals surface area contributed by atoms with E-state index < -0.39 is 0 Å². The third-order valence-electron chi connectivity index (χ3n) is 3.69. The second-order valence-electron chi connectivity index (χ2n) is 5.62. The molecule has 0 spiro atoms. The van der Waals surface area contributed by atoms with Gasteiger partial charge in [0.05, 0.1) is 5.69 Å². The first-order valence-corrected chi connectivity index (χ1v) is 7.10. The quantitative estimate of drug-likeness (QED) is 0.781. The maximum atomic E-state index is 13.8. The molecule has 0 amide bonds. The molecule has 1 N–H and O–H groups in total. The van der Waals surface area contributed by atoms with Crippen molar-refractivity contribution in [3.8, 4) is 0 Å². The van der Waals surface area contributed by atoms with Crippen LogP contribution < -0.4 is 5.32 Å². The lowest BCUT2D eigenvalue weighted by Crippen LogP contribution is -2.09. The monoisotopic (exact) mass is 271 g/mol. The number of hydrogen-bond acceptors (Lipinski definition) is 1. The number of nitrogens with one attached hydrogen (secondary N) is 1. The van der Waals surface area contributed by atoms with Crippen LogP contribution in [0.3, 0.4) is 0 Å². The highest BCUT2D eigenvalue weighted by Gasteiger charge is 2.10. The smallest absolute Gasteiger partial charge is 0.146 e. The van der Waals surface area contributed by atoms with Gasteiger partial charge in [-0.25, -0.2) is 4.39 Å². The Balaban J connectivity index is 2.17. The number of anilines is 1. The van der Waals surface area contributed by atoms with Crippen molar-refractivity contribution in [2.75, 3.05) is 5.32 Å². The molecule has 2 heteroatoms. The van der Waals surface area contributed by atoms with E-state index in [-0.39, 0.29) is 11.9 Å². The van der Waals surface area contributed by atoms with Crippen LogP contribution in [0, 0.1) is 12.7 Å². The van der Waals surface area contributed by atoms with E-state index in [2.05, 4.69) is 50.4 Å². The van der Waals surface area contributed by atoms with E-state index in [0.717, 1.165) is 11.1 Å². The van der Waals surface area contributed by atoms with E-state index >= 15 is 0 Å². The van der Waals surface area contributed by atoms with E-state index in [9.17, 15) is 4.39 Å². The Kier molecular flexibility index (Phi) is 4.43. The molecule has 2 aromatic rings. The van der Waals surface area contributed by atoms with Crippen LogP contribution in [-0.4, -0.2) is 0 Å². The van der Waals surface area contributed by atoms with Crippen LogP contribution in [0.15, 0.2) is 42.5 Å². The Morgan fingerprint density at radius 1 is 0.900 bits per heavy atom. The summed E-state index contributed by atoms with van der Waals surface area (Å²) >= 11 is 0. The van der Waals surface area contributed by atoms with Crippen LogP contribution in [0.25, 0.3) is 0 Å². The Morgan fingerprint density at radius 3 is 2.05 bits per heavy atom. The number of para-hydroxylation sites is 1. The lowest BCUT2D eigenvalue weighted by molar-refractivity contribution is 0.626. The van der Waals surface area contributed by atoms with Gasteiger partial charge in [-0.2, -0.15) is 0 Å². The van der Waals surface area contributed by atoms with E-state index in [1.54, 1.807) is 6.07 Å². The zero-order valence-corrected chi connectivity index (χ0v) is 12.6. The van der Waals surface area contributed by atoms with Gasteiger partial charge < -0.3 is 5.32 Å². The van der Waals surface area contributed by atoms with Gasteiger partial charge in [-0.3, -0.25) is 0 Å². The molecule has 2 rings (SSSR count). The highest BCUT2D eigenvalue weighted by atomic mass is 19.1. The van der Waals surface area contributed by atoms with Crippen molar-refractivity contribution in [2.45, 2.75) is 39.7 Å². The number of halogens is 1. The fourth-order valence-electron chi connectivity index (χ4n) is 2.28. The van der Waals surface area contributed by atoms with Crippen LogP contribution >= 0.6 is 0 Å². The molecule has 1 nitrogen and oxygen atoms in total. The van der Waals surface area contributed by atoms with Gasteiger partial charge in [-0.05, 0) is 42.5 Å². The predicted octanol–water partition coefficient (Wildman–Crippen LogP) is 5.43. The van der Waals surface area contributed by atoms with Crippen molar-refractivity contribution in [1.82, 2.24) is 0 Å². The summed E-state index contributed by atoms with van der Waals surface area (Å²) in [6.45, 7) is 8.33. The summed E-state index contributed by atoms with van der Waals surface area (Å²) in [6, 6.07) is 13.7. The summed E-state index contributed by atoms with van der Waals surface area (Å²) in [5.41, 5.74) is 4.00. The Morgan fingerprint density at radius 2 is 1.50 bits per heavy atom. The number of rotatable bonds is 4. The minimum atomic E-state index is -0.198. The topological polar surface area (TPSA) is 12.0 Å². The zero-order chi connectivity index (χ0) is 14.7. The highest BCUT2D eigenvalue weighted by Crippen LogP contribution is 2.25. The summed E-state index contributed by atoms with van der Waals surface area (Å²) in [6.07, 6.45) is 0. The van der Waals surface area contributed by atoms with Crippen molar-refractivity contribution in [2.24, 2.45) is 0 Å². The largest absolute Gasteiger partial charge is 0.376 e. The molecule has 0 aliphatic carbocycles. The normalized spacial score (nSPS) is 12.5. The molecule has 1 atom stereocenters. The lowest BCUT2D eigenvalue weighted by atomic mass is 9.99.